The average Bonchev–Trinajstić information content (AvgIpc) is 2.36. The first kappa shape index (κ1) is 15.3. The molecular weight excluding hydrogens is 252 g/mol. The first-order valence-corrected chi connectivity index (χ1v) is 7.19. The normalized spacial score (nSPS) is 22.8. The quantitative estimate of drug-likeness (QED) is 0.917. The van der Waals surface area contributed by atoms with Crippen LogP contribution < -0.4 is 10.5 Å². The molecule has 1 unspecified atom stereocenters. The van der Waals surface area contributed by atoms with E-state index in [1.165, 1.54) is 5.56 Å². The Bertz CT molecular complexity index is 460. The van der Waals surface area contributed by atoms with Gasteiger partial charge in [0.2, 0.25) is 0 Å². The van der Waals surface area contributed by atoms with Crippen molar-refractivity contribution >= 4 is 0 Å². The van der Waals surface area contributed by atoms with Crippen molar-refractivity contribution in [2.45, 2.75) is 45.6 Å². The molecule has 1 heterocycles. The number of morpholine rings is 1. The van der Waals surface area contributed by atoms with Gasteiger partial charge in [0.25, 0.3) is 0 Å². The van der Waals surface area contributed by atoms with Gasteiger partial charge in [-0.1, -0.05) is 12.1 Å². The van der Waals surface area contributed by atoms with E-state index in [1.807, 2.05) is 0 Å². The van der Waals surface area contributed by atoms with E-state index in [1.54, 1.807) is 7.11 Å². The molecule has 112 valence electrons. The fourth-order valence-electron chi connectivity index (χ4n) is 3.02. The summed E-state index contributed by atoms with van der Waals surface area (Å²) in [5, 5.41) is 0. The van der Waals surface area contributed by atoms with E-state index >= 15 is 0 Å². The highest BCUT2D eigenvalue weighted by Gasteiger charge is 2.31. The van der Waals surface area contributed by atoms with E-state index in [-0.39, 0.29) is 11.7 Å². The van der Waals surface area contributed by atoms with Gasteiger partial charge in [0, 0.05) is 31.7 Å². The summed E-state index contributed by atoms with van der Waals surface area (Å²) in [5.74, 6) is 0.880. The van der Waals surface area contributed by atoms with Gasteiger partial charge in [0.1, 0.15) is 5.75 Å². The lowest BCUT2D eigenvalue weighted by Crippen LogP contribution is -2.51. The minimum Gasteiger partial charge on any atom is -0.496 e. The molecular formula is C16H26N2O2. The lowest BCUT2D eigenvalue weighted by molar-refractivity contribution is -0.130. The van der Waals surface area contributed by atoms with Crippen LogP contribution in [0, 0.1) is 0 Å². The Morgan fingerprint density at radius 1 is 1.45 bits per heavy atom. The fraction of sp³-hybridized carbons (Fsp3) is 0.625. The molecule has 0 radical (unpaired) electrons. The lowest BCUT2D eigenvalue weighted by Gasteiger charge is -2.41. The second-order valence-electron chi connectivity index (χ2n) is 6.21. The van der Waals surface area contributed by atoms with Crippen LogP contribution in [0.2, 0.25) is 0 Å². The summed E-state index contributed by atoms with van der Waals surface area (Å²) in [6, 6.07) is 6.29. The molecule has 20 heavy (non-hydrogen) atoms. The largest absolute Gasteiger partial charge is 0.496 e. The third kappa shape index (κ3) is 3.72. The number of benzene rings is 1. The standard InChI is InChI=1S/C16H26N2O2/c1-12-9-18(11-16(2,3)20-12)10-13-5-6-14(8-17)15(7-13)19-4/h5-7,12H,8-11,17H2,1-4H3. The maximum atomic E-state index is 5.94. The van der Waals surface area contributed by atoms with Crippen LogP contribution in [0.3, 0.4) is 0 Å². The van der Waals surface area contributed by atoms with Crippen molar-refractivity contribution in [2.24, 2.45) is 5.73 Å². The number of ether oxygens (including phenoxy) is 2. The highest BCUT2D eigenvalue weighted by molar-refractivity contribution is 5.37. The van der Waals surface area contributed by atoms with Crippen LogP contribution in [0.4, 0.5) is 0 Å². The second-order valence-corrected chi connectivity index (χ2v) is 6.21. The fourth-order valence-corrected chi connectivity index (χ4v) is 3.02. The second kappa shape index (κ2) is 6.12. The number of nitrogens with zero attached hydrogens (tertiary/aromatic N) is 1. The molecule has 2 rings (SSSR count). The molecule has 0 saturated carbocycles. The summed E-state index contributed by atoms with van der Waals surface area (Å²) in [5.41, 5.74) is 7.92. The summed E-state index contributed by atoms with van der Waals surface area (Å²) in [4.78, 5) is 2.44. The topological polar surface area (TPSA) is 47.7 Å². The van der Waals surface area contributed by atoms with E-state index in [0.717, 1.165) is 30.9 Å². The SMILES string of the molecule is COc1cc(CN2CC(C)OC(C)(C)C2)ccc1CN. The van der Waals surface area contributed by atoms with E-state index < -0.39 is 0 Å². The van der Waals surface area contributed by atoms with Gasteiger partial charge in [-0.05, 0) is 32.4 Å². The van der Waals surface area contributed by atoms with Gasteiger partial charge >= 0.3 is 0 Å². The van der Waals surface area contributed by atoms with Crippen molar-refractivity contribution in [2.75, 3.05) is 20.2 Å². The van der Waals surface area contributed by atoms with Gasteiger partial charge in [-0.2, -0.15) is 0 Å². The Morgan fingerprint density at radius 2 is 2.20 bits per heavy atom. The molecule has 1 aromatic carbocycles. The zero-order valence-electron chi connectivity index (χ0n) is 13.0. The number of methoxy groups -OCH3 is 1. The van der Waals surface area contributed by atoms with E-state index in [2.05, 4.69) is 43.9 Å². The van der Waals surface area contributed by atoms with Crippen molar-refractivity contribution in [3.05, 3.63) is 29.3 Å². The van der Waals surface area contributed by atoms with E-state index in [0.29, 0.717) is 6.54 Å². The van der Waals surface area contributed by atoms with Crippen LogP contribution in [0.5, 0.6) is 5.75 Å². The average molecular weight is 278 g/mol. The Balaban J connectivity index is 2.09. The van der Waals surface area contributed by atoms with Gasteiger partial charge in [-0.15, -0.1) is 0 Å². The van der Waals surface area contributed by atoms with E-state index in [4.69, 9.17) is 15.2 Å². The molecule has 4 nitrogen and oxygen atoms in total. The third-order valence-corrected chi connectivity index (χ3v) is 3.62. The van der Waals surface area contributed by atoms with Crippen molar-refractivity contribution in [1.29, 1.82) is 0 Å². The predicted molar refractivity (Wildman–Crippen MR) is 80.8 cm³/mol. The minimum absolute atomic E-state index is 0.0844. The van der Waals surface area contributed by atoms with Crippen molar-refractivity contribution in [1.82, 2.24) is 4.90 Å². The smallest absolute Gasteiger partial charge is 0.123 e. The summed E-state index contributed by atoms with van der Waals surface area (Å²) in [7, 11) is 1.69. The zero-order valence-corrected chi connectivity index (χ0v) is 13.0. The van der Waals surface area contributed by atoms with Gasteiger partial charge < -0.3 is 15.2 Å². The molecule has 1 aromatic rings. The lowest BCUT2D eigenvalue weighted by atomic mass is 10.0. The van der Waals surface area contributed by atoms with Crippen LogP contribution >= 0.6 is 0 Å². The highest BCUT2D eigenvalue weighted by Crippen LogP contribution is 2.24. The molecule has 0 aromatic heterocycles. The summed E-state index contributed by atoms with van der Waals surface area (Å²) in [6.07, 6.45) is 0.268. The molecule has 2 N–H and O–H groups in total. The van der Waals surface area contributed by atoms with Crippen LogP contribution in [-0.4, -0.2) is 36.8 Å². The highest BCUT2D eigenvalue weighted by atomic mass is 16.5. The van der Waals surface area contributed by atoms with Gasteiger partial charge in [0.15, 0.2) is 0 Å². The third-order valence-electron chi connectivity index (χ3n) is 3.62. The summed E-state index contributed by atoms with van der Waals surface area (Å²) >= 11 is 0. The molecule has 0 bridgehead atoms. The molecule has 4 heteroatoms. The van der Waals surface area contributed by atoms with Crippen molar-refractivity contribution < 1.29 is 9.47 Å². The zero-order chi connectivity index (χ0) is 14.8. The molecule has 0 amide bonds. The molecule has 1 aliphatic rings. The first-order chi connectivity index (χ1) is 9.43. The van der Waals surface area contributed by atoms with Crippen molar-refractivity contribution in [3.63, 3.8) is 0 Å². The molecule has 1 saturated heterocycles. The number of rotatable bonds is 4. The summed E-state index contributed by atoms with van der Waals surface area (Å²) in [6.45, 7) is 9.75. The molecule has 1 atom stereocenters. The van der Waals surface area contributed by atoms with Crippen LogP contribution in [-0.2, 0) is 17.8 Å². The Kier molecular flexibility index (Phi) is 4.68. The first-order valence-electron chi connectivity index (χ1n) is 7.19. The van der Waals surface area contributed by atoms with Gasteiger partial charge in [-0.25, -0.2) is 0 Å². The molecule has 1 fully saturated rings. The maximum Gasteiger partial charge on any atom is 0.123 e. The van der Waals surface area contributed by atoms with Crippen molar-refractivity contribution in [3.8, 4) is 5.75 Å². The monoisotopic (exact) mass is 278 g/mol. The number of hydrogen-bond acceptors (Lipinski definition) is 4. The number of hydrogen-bond donors (Lipinski definition) is 1. The Hall–Kier alpha value is -1.10. The van der Waals surface area contributed by atoms with Crippen LogP contribution in [0.15, 0.2) is 18.2 Å². The predicted octanol–water partition coefficient (Wildman–Crippen LogP) is 2.15. The number of nitrogens with two attached hydrogens (primary N) is 1. The van der Waals surface area contributed by atoms with E-state index in [9.17, 15) is 0 Å². The maximum absolute atomic E-state index is 5.94. The molecule has 0 aliphatic carbocycles. The molecule has 0 spiro atoms. The Labute approximate surface area is 121 Å². The molecule has 1 aliphatic heterocycles. The summed E-state index contributed by atoms with van der Waals surface area (Å²) < 4.78 is 11.3. The Morgan fingerprint density at radius 3 is 2.80 bits per heavy atom. The minimum atomic E-state index is -0.0844. The van der Waals surface area contributed by atoms with Crippen LogP contribution in [0.1, 0.15) is 31.9 Å². The van der Waals surface area contributed by atoms with Crippen LogP contribution in [0.25, 0.3) is 0 Å². The van der Waals surface area contributed by atoms with Gasteiger partial charge in [0.05, 0.1) is 18.8 Å². The van der Waals surface area contributed by atoms with Gasteiger partial charge in [-0.3, -0.25) is 4.90 Å².